The highest BCUT2D eigenvalue weighted by atomic mass is 16.6. The first-order chi connectivity index (χ1) is 11.1. The van der Waals surface area contributed by atoms with E-state index in [0.717, 1.165) is 37.2 Å². The Labute approximate surface area is 133 Å². The quantitative estimate of drug-likeness (QED) is 0.617. The van der Waals surface area contributed by atoms with E-state index in [0.29, 0.717) is 5.92 Å². The lowest BCUT2D eigenvalue weighted by Gasteiger charge is -2.46. The Bertz CT molecular complexity index is 692. The van der Waals surface area contributed by atoms with Crippen molar-refractivity contribution in [2.75, 3.05) is 13.1 Å². The normalized spacial score (nSPS) is 31.7. The molecule has 0 aliphatic carbocycles. The van der Waals surface area contributed by atoms with Gasteiger partial charge in [0.25, 0.3) is 5.69 Å². The minimum atomic E-state index is -0.408. The summed E-state index contributed by atoms with van der Waals surface area (Å²) in [4.78, 5) is 24.9. The summed E-state index contributed by atoms with van der Waals surface area (Å²) in [6, 6.07) is 6.45. The van der Waals surface area contributed by atoms with Gasteiger partial charge in [0.15, 0.2) is 0 Å². The molecule has 4 heterocycles. The van der Waals surface area contributed by atoms with Crippen LogP contribution in [-0.2, 0) is 4.79 Å². The van der Waals surface area contributed by atoms with Gasteiger partial charge in [-0.15, -0.1) is 0 Å². The molecule has 7 heteroatoms. The number of fused-ring (bicyclic) bond motifs is 2. The zero-order valence-corrected chi connectivity index (χ0v) is 12.9. The van der Waals surface area contributed by atoms with Crippen molar-refractivity contribution < 1.29 is 9.72 Å². The SMILES string of the molecule is CC(=O)N1N=C2C3CCN(CC3)[C@H]2[C@@H]1c1ccc([N+](=O)[O-])cc1. The number of benzene rings is 1. The first-order valence-electron chi connectivity index (χ1n) is 7.93. The molecule has 2 bridgehead atoms. The van der Waals surface area contributed by atoms with Gasteiger partial charge < -0.3 is 0 Å². The third-order valence-corrected chi connectivity index (χ3v) is 5.20. The third kappa shape index (κ3) is 2.15. The van der Waals surface area contributed by atoms with E-state index in [1.165, 1.54) is 19.1 Å². The second-order valence-electron chi connectivity index (χ2n) is 6.44. The lowest BCUT2D eigenvalue weighted by Crippen LogP contribution is -2.56. The van der Waals surface area contributed by atoms with Crippen molar-refractivity contribution in [2.45, 2.75) is 31.8 Å². The maximum Gasteiger partial charge on any atom is 0.269 e. The van der Waals surface area contributed by atoms with Crippen molar-refractivity contribution in [1.29, 1.82) is 0 Å². The van der Waals surface area contributed by atoms with Gasteiger partial charge in [0.2, 0.25) is 5.91 Å². The van der Waals surface area contributed by atoms with Gasteiger partial charge in [-0.2, -0.15) is 5.10 Å². The molecule has 120 valence electrons. The fraction of sp³-hybridized carbons (Fsp3) is 0.500. The lowest BCUT2D eigenvalue weighted by atomic mass is 9.78. The Morgan fingerprint density at radius 3 is 2.43 bits per heavy atom. The largest absolute Gasteiger partial charge is 0.293 e. The fourth-order valence-electron chi connectivity index (χ4n) is 4.11. The van der Waals surface area contributed by atoms with E-state index >= 15 is 0 Å². The fourth-order valence-corrected chi connectivity index (χ4v) is 4.11. The van der Waals surface area contributed by atoms with E-state index < -0.39 is 4.92 Å². The highest BCUT2D eigenvalue weighted by Gasteiger charge is 2.50. The van der Waals surface area contributed by atoms with Crippen molar-refractivity contribution in [3.8, 4) is 0 Å². The van der Waals surface area contributed by atoms with Crippen LogP contribution < -0.4 is 0 Å². The predicted octanol–water partition coefficient (Wildman–Crippen LogP) is 1.95. The van der Waals surface area contributed by atoms with Crippen molar-refractivity contribution >= 4 is 17.3 Å². The number of hydrazone groups is 1. The Kier molecular flexibility index (Phi) is 3.19. The van der Waals surface area contributed by atoms with Crippen LogP contribution in [0.3, 0.4) is 0 Å². The van der Waals surface area contributed by atoms with Crippen LogP contribution in [0.25, 0.3) is 0 Å². The van der Waals surface area contributed by atoms with Crippen LogP contribution in [0.5, 0.6) is 0 Å². The number of nitrogens with zero attached hydrogens (tertiary/aromatic N) is 4. The molecule has 0 N–H and O–H groups in total. The zero-order chi connectivity index (χ0) is 16.1. The molecule has 3 saturated heterocycles. The Morgan fingerprint density at radius 1 is 1.22 bits per heavy atom. The second kappa shape index (κ2) is 5.13. The van der Waals surface area contributed by atoms with E-state index in [4.69, 9.17) is 0 Å². The van der Waals surface area contributed by atoms with Crippen LogP contribution in [0.4, 0.5) is 5.69 Å². The average molecular weight is 314 g/mol. The average Bonchev–Trinajstić information content (AvgIpc) is 2.99. The van der Waals surface area contributed by atoms with E-state index in [1.807, 2.05) is 0 Å². The van der Waals surface area contributed by atoms with Crippen LogP contribution in [0.1, 0.15) is 31.4 Å². The van der Waals surface area contributed by atoms with Crippen LogP contribution in [0, 0.1) is 16.0 Å². The molecular formula is C16H18N4O3. The van der Waals surface area contributed by atoms with Gasteiger partial charge in [-0.05, 0) is 43.6 Å². The summed E-state index contributed by atoms with van der Waals surface area (Å²) in [5, 5.41) is 17.0. The van der Waals surface area contributed by atoms with Gasteiger partial charge in [-0.25, -0.2) is 5.01 Å². The molecule has 1 amide bonds. The van der Waals surface area contributed by atoms with Gasteiger partial charge in [-0.1, -0.05) is 0 Å². The predicted molar refractivity (Wildman–Crippen MR) is 83.9 cm³/mol. The summed E-state index contributed by atoms with van der Waals surface area (Å²) in [5.74, 6) is 0.380. The highest BCUT2D eigenvalue weighted by molar-refractivity contribution is 5.97. The number of rotatable bonds is 2. The zero-order valence-electron chi connectivity index (χ0n) is 12.9. The number of hydrogen-bond acceptors (Lipinski definition) is 5. The third-order valence-electron chi connectivity index (χ3n) is 5.20. The lowest BCUT2D eigenvalue weighted by molar-refractivity contribution is -0.384. The first kappa shape index (κ1) is 14.3. The van der Waals surface area contributed by atoms with Gasteiger partial charge in [-0.3, -0.25) is 19.8 Å². The summed E-state index contributed by atoms with van der Waals surface area (Å²) in [6.45, 7) is 3.59. The summed E-state index contributed by atoms with van der Waals surface area (Å²) in [7, 11) is 0. The maximum atomic E-state index is 12.1. The number of hydrogen-bond donors (Lipinski definition) is 0. The molecule has 23 heavy (non-hydrogen) atoms. The van der Waals surface area contributed by atoms with E-state index in [-0.39, 0.29) is 23.7 Å². The first-order valence-corrected chi connectivity index (χ1v) is 7.93. The molecule has 0 unspecified atom stereocenters. The van der Waals surface area contributed by atoms with Crippen LogP contribution >= 0.6 is 0 Å². The molecule has 1 aromatic rings. The number of nitro benzene ring substituents is 1. The van der Waals surface area contributed by atoms with Crippen LogP contribution in [0.15, 0.2) is 29.4 Å². The molecule has 0 aromatic heterocycles. The Hall–Kier alpha value is -2.28. The maximum absolute atomic E-state index is 12.1. The summed E-state index contributed by atoms with van der Waals surface area (Å²) >= 11 is 0. The molecule has 0 radical (unpaired) electrons. The van der Waals surface area contributed by atoms with Crippen LogP contribution in [0.2, 0.25) is 0 Å². The number of nitro groups is 1. The van der Waals surface area contributed by atoms with Crippen molar-refractivity contribution in [3.63, 3.8) is 0 Å². The molecule has 5 rings (SSSR count). The van der Waals surface area contributed by atoms with Gasteiger partial charge in [0, 0.05) is 25.0 Å². The van der Waals surface area contributed by atoms with Gasteiger partial charge in [0.1, 0.15) is 6.04 Å². The number of non-ortho nitro benzene ring substituents is 1. The molecular weight excluding hydrogens is 296 g/mol. The molecule has 3 fully saturated rings. The van der Waals surface area contributed by atoms with Crippen molar-refractivity contribution in [3.05, 3.63) is 39.9 Å². The minimum absolute atomic E-state index is 0.0627. The highest BCUT2D eigenvalue weighted by Crippen LogP contribution is 2.43. The monoisotopic (exact) mass is 314 g/mol. The van der Waals surface area contributed by atoms with Gasteiger partial charge >= 0.3 is 0 Å². The van der Waals surface area contributed by atoms with Gasteiger partial charge in [0.05, 0.1) is 16.7 Å². The van der Waals surface area contributed by atoms with E-state index in [9.17, 15) is 14.9 Å². The smallest absolute Gasteiger partial charge is 0.269 e. The van der Waals surface area contributed by atoms with Crippen LogP contribution in [-0.4, -0.2) is 45.6 Å². The van der Waals surface area contributed by atoms with Crippen molar-refractivity contribution in [2.24, 2.45) is 11.0 Å². The molecule has 2 atom stereocenters. The molecule has 7 nitrogen and oxygen atoms in total. The number of piperidine rings is 3. The molecule has 0 spiro atoms. The second-order valence-corrected chi connectivity index (χ2v) is 6.44. The Balaban J connectivity index is 1.73. The molecule has 4 aliphatic heterocycles. The standard InChI is InChI=1S/C16H18N4O3/c1-10(21)19-15(12-2-4-13(5-3-12)20(22)23)16-14(17-19)11-6-8-18(16)9-7-11/h2-5,11,15-16H,6-9H2,1H3/t15-,16+/m0/s1. The minimum Gasteiger partial charge on any atom is -0.293 e. The van der Waals surface area contributed by atoms with Crippen molar-refractivity contribution in [1.82, 2.24) is 9.91 Å². The summed E-state index contributed by atoms with van der Waals surface area (Å²) in [6.07, 6.45) is 2.21. The number of amides is 1. The Morgan fingerprint density at radius 2 is 1.87 bits per heavy atom. The number of carbonyl (C=O) groups is 1. The summed E-state index contributed by atoms with van der Waals surface area (Å²) in [5.41, 5.74) is 2.08. The topological polar surface area (TPSA) is 79.0 Å². The van der Waals surface area contributed by atoms with E-state index in [2.05, 4.69) is 10.0 Å². The molecule has 0 saturated carbocycles. The molecule has 4 aliphatic rings. The molecule has 1 aromatic carbocycles. The number of carbonyl (C=O) groups excluding carboxylic acids is 1. The van der Waals surface area contributed by atoms with E-state index in [1.54, 1.807) is 17.1 Å². The summed E-state index contributed by atoms with van der Waals surface area (Å²) < 4.78 is 0.